The van der Waals surface area contributed by atoms with Crippen molar-refractivity contribution >= 4 is 28.9 Å². The Morgan fingerprint density at radius 1 is 1.19 bits per heavy atom. The molecule has 3 heterocycles. The number of ether oxygens (including phenoxy) is 1. The van der Waals surface area contributed by atoms with E-state index in [1.54, 1.807) is 11.3 Å². The van der Waals surface area contributed by atoms with Crippen molar-refractivity contribution < 1.29 is 4.74 Å². The Hall–Kier alpha value is -0.400. The summed E-state index contributed by atoms with van der Waals surface area (Å²) in [6, 6.07) is 0. The summed E-state index contributed by atoms with van der Waals surface area (Å²) < 4.78 is 5.41. The number of halogens is 1. The van der Waals surface area contributed by atoms with Crippen LogP contribution in [-0.2, 0) is 11.3 Å². The van der Waals surface area contributed by atoms with Gasteiger partial charge in [0.2, 0.25) is 0 Å². The quantitative estimate of drug-likeness (QED) is 0.909. The summed E-state index contributed by atoms with van der Waals surface area (Å²) in [6.07, 6.45) is 4.54. The minimum Gasteiger partial charge on any atom is -0.379 e. The zero-order valence-corrected chi connectivity index (χ0v) is 14.0. The maximum atomic E-state index is 5.68. The number of morpholine rings is 1. The van der Waals surface area contributed by atoms with Crippen LogP contribution in [0, 0.1) is 5.92 Å². The summed E-state index contributed by atoms with van der Waals surface area (Å²) in [4.78, 5) is 10.5. The molecule has 7 heteroatoms. The van der Waals surface area contributed by atoms with Crippen molar-refractivity contribution in [3.63, 3.8) is 0 Å². The molecule has 1 aromatic heterocycles. The molecule has 0 aromatic carbocycles. The molecule has 3 rings (SSSR count). The molecule has 21 heavy (non-hydrogen) atoms. The van der Waals surface area contributed by atoms with Crippen molar-refractivity contribution in [3.8, 4) is 0 Å². The largest absolute Gasteiger partial charge is 0.379 e. The molecule has 5 nitrogen and oxygen atoms in total. The van der Waals surface area contributed by atoms with Gasteiger partial charge >= 0.3 is 0 Å². The fourth-order valence-corrected chi connectivity index (χ4v) is 3.82. The molecular formula is C14H25ClN4OS. The van der Waals surface area contributed by atoms with Crippen LogP contribution < -0.4 is 5.73 Å². The maximum Gasteiger partial charge on any atom is 0.180 e. The van der Waals surface area contributed by atoms with Crippen molar-refractivity contribution in [1.82, 2.24) is 14.8 Å². The van der Waals surface area contributed by atoms with Gasteiger partial charge in [0, 0.05) is 37.3 Å². The van der Waals surface area contributed by atoms with Gasteiger partial charge in [-0.1, -0.05) is 0 Å². The lowest BCUT2D eigenvalue weighted by Gasteiger charge is -2.35. The van der Waals surface area contributed by atoms with Crippen LogP contribution in [0.25, 0.3) is 0 Å². The summed E-state index contributed by atoms with van der Waals surface area (Å²) in [5.74, 6) is 0.857. The first-order valence-electron chi connectivity index (χ1n) is 7.52. The average Bonchev–Trinajstić information content (AvgIpc) is 2.88. The Labute approximate surface area is 136 Å². The third kappa shape index (κ3) is 5.07. The normalized spacial score (nSPS) is 22.1. The smallest absolute Gasteiger partial charge is 0.180 e. The van der Waals surface area contributed by atoms with Crippen molar-refractivity contribution in [3.05, 3.63) is 11.1 Å². The van der Waals surface area contributed by atoms with E-state index < -0.39 is 0 Å². The Balaban J connectivity index is 0.00000161. The van der Waals surface area contributed by atoms with Gasteiger partial charge in [0.05, 0.1) is 13.2 Å². The highest BCUT2D eigenvalue weighted by Crippen LogP contribution is 2.22. The van der Waals surface area contributed by atoms with Gasteiger partial charge in [-0.25, -0.2) is 4.98 Å². The van der Waals surface area contributed by atoms with E-state index in [1.807, 2.05) is 6.20 Å². The predicted molar refractivity (Wildman–Crippen MR) is 89.0 cm³/mol. The number of anilines is 1. The number of aromatic nitrogens is 1. The summed E-state index contributed by atoms with van der Waals surface area (Å²) >= 11 is 1.61. The van der Waals surface area contributed by atoms with Gasteiger partial charge in [-0.2, -0.15) is 0 Å². The van der Waals surface area contributed by atoms with Crippen molar-refractivity contribution in [2.24, 2.45) is 5.92 Å². The number of likely N-dealkylation sites (tertiary alicyclic amines) is 1. The number of hydrogen-bond donors (Lipinski definition) is 1. The Morgan fingerprint density at radius 2 is 1.90 bits per heavy atom. The molecule has 0 saturated carbocycles. The summed E-state index contributed by atoms with van der Waals surface area (Å²) in [5.41, 5.74) is 5.68. The van der Waals surface area contributed by atoms with Gasteiger partial charge < -0.3 is 10.5 Å². The monoisotopic (exact) mass is 332 g/mol. The van der Waals surface area contributed by atoms with E-state index in [-0.39, 0.29) is 12.4 Å². The predicted octanol–water partition coefficient (Wildman–Crippen LogP) is 1.69. The van der Waals surface area contributed by atoms with E-state index in [1.165, 1.54) is 37.4 Å². The molecule has 0 bridgehead atoms. The standard InChI is InChI=1S/C14H24N4OS.ClH/c15-14-16-9-13(20-14)11-17-3-1-12(2-4-17)10-18-5-7-19-8-6-18;/h9,12H,1-8,10-11H2,(H2,15,16);1H. The first-order valence-corrected chi connectivity index (χ1v) is 8.34. The molecule has 0 atom stereocenters. The van der Waals surface area contributed by atoms with E-state index in [2.05, 4.69) is 14.8 Å². The first-order chi connectivity index (χ1) is 9.79. The second kappa shape index (κ2) is 8.29. The minimum absolute atomic E-state index is 0. The molecular weight excluding hydrogens is 308 g/mol. The number of rotatable bonds is 4. The van der Waals surface area contributed by atoms with Crippen LogP contribution in [0.15, 0.2) is 6.20 Å². The molecule has 0 aliphatic carbocycles. The first kappa shape index (κ1) is 17.0. The van der Waals surface area contributed by atoms with Gasteiger partial charge in [-0.15, -0.1) is 23.7 Å². The van der Waals surface area contributed by atoms with Gasteiger partial charge in [0.1, 0.15) is 0 Å². The number of nitrogens with two attached hydrogens (primary N) is 1. The highest BCUT2D eigenvalue weighted by molar-refractivity contribution is 7.15. The lowest BCUT2D eigenvalue weighted by Crippen LogP contribution is -2.42. The average molecular weight is 333 g/mol. The van der Waals surface area contributed by atoms with Crippen LogP contribution in [0.3, 0.4) is 0 Å². The highest BCUT2D eigenvalue weighted by atomic mass is 35.5. The highest BCUT2D eigenvalue weighted by Gasteiger charge is 2.22. The fourth-order valence-electron chi connectivity index (χ4n) is 3.09. The van der Waals surface area contributed by atoms with Gasteiger partial charge in [0.25, 0.3) is 0 Å². The van der Waals surface area contributed by atoms with Crippen LogP contribution in [-0.4, -0.2) is 60.7 Å². The van der Waals surface area contributed by atoms with Crippen LogP contribution in [0.4, 0.5) is 5.13 Å². The van der Waals surface area contributed by atoms with Crippen LogP contribution in [0.2, 0.25) is 0 Å². The SMILES string of the molecule is Cl.Nc1ncc(CN2CCC(CN3CCOCC3)CC2)s1. The van der Waals surface area contributed by atoms with E-state index in [9.17, 15) is 0 Å². The summed E-state index contributed by atoms with van der Waals surface area (Å²) in [7, 11) is 0. The molecule has 2 N–H and O–H groups in total. The van der Waals surface area contributed by atoms with Crippen LogP contribution in [0.5, 0.6) is 0 Å². The zero-order chi connectivity index (χ0) is 13.8. The van der Waals surface area contributed by atoms with Crippen LogP contribution in [0.1, 0.15) is 17.7 Å². The summed E-state index contributed by atoms with van der Waals surface area (Å²) in [6.45, 7) is 8.71. The lowest BCUT2D eigenvalue weighted by atomic mass is 9.96. The third-order valence-electron chi connectivity index (χ3n) is 4.28. The van der Waals surface area contributed by atoms with E-state index in [4.69, 9.17) is 10.5 Å². The molecule has 2 aliphatic rings. The van der Waals surface area contributed by atoms with Gasteiger partial charge in [-0.3, -0.25) is 9.80 Å². The molecule has 1 aromatic rings. The van der Waals surface area contributed by atoms with Crippen molar-refractivity contribution in [1.29, 1.82) is 0 Å². The summed E-state index contributed by atoms with van der Waals surface area (Å²) in [5, 5.41) is 0.683. The molecule has 0 radical (unpaired) electrons. The third-order valence-corrected chi connectivity index (χ3v) is 5.09. The maximum absolute atomic E-state index is 5.68. The number of nitrogens with zero attached hydrogens (tertiary/aromatic N) is 3. The topological polar surface area (TPSA) is 54.6 Å². The van der Waals surface area contributed by atoms with E-state index in [0.717, 1.165) is 38.8 Å². The molecule has 120 valence electrons. The molecule has 2 fully saturated rings. The number of nitrogen functional groups attached to an aromatic ring is 1. The number of hydrogen-bond acceptors (Lipinski definition) is 6. The number of thiazole rings is 1. The van der Waals surface area contributed by atoms with Crippen LogP contribution >= 0.6 is 23.7 Å². The zero-order valence-electron chi connectivity index (χ0n) is 12.4. The Kier molecular flexibility index (Phi) is 6.70. The second-order valence-corrected chi connectivity index (χ2v) is 6.94. The fraction of sp³-hybridized carbons (Fsp3) is 0.786. The van der Waals surface area contributed by atoms with Gasteiger partial charge in [0.15, 0.2) is 5.13 Å². The van der Waals surface area contributed by atoms with Crippen molar-refractivity contribution in [2.75, 3.05) is 51.7 Å². The second-order valence-electron chi connectivity index (χ2n) is 5.80. The molecule has 2 aliphatic heterocycles. The van der Waals surface area contributed by atoms with E-state index >= 15 is 0 Å². The number of piperidine rings is 1. The van der Waals surface area contributed by atoms with E-state index in [0.29, 0.717) is 5.13 Å². The molecule has 0 unspecified atom stereocenters. The Bertz CT molecular complexity index is 417. The minimum atomic E-state index is 0. The molecule has 2 saturated heterocycles. The van der Waals surface area contributed by atoms with Gasteiger partial charge in [-0.05, 0) is 31.8 Å². The Morgan fingerprint density at radius 3 is 2.52 bits per heavy atom. The lowest BCUT2D eigenvalue weighted by molar-refractivity contribution is 0.0242. The molecule has 0 spiro atoms. The van der Waals surface area contributed by atoms with Crippen molar-refractivity contribution in [2.45, 2.75) is 19.4 Å². The molecule has 0 amide bonds.